The molecule has 0 aliphatic carbocycles. The predicted molar refractivity (Wildman–Crippen MR) is 429 cm³/mol. The lowest BCUT2D eigenvalue weighted by Gasteiger charge is -2.36. The van der Waals surface area contributed by atoms with Crippen molar-refractivity contribution in [2.45, 2.75) is 62.3 Å². The minimum Gasteiger partial charge on any atom is -0.369 e. The summed E-state index contributed by atoms with van der Waals surface area (Å²) in [6.45, 7) is 31.9. The van der Waals surface area contributed by atoms with E-state index < -0.39 is 10.0 Å². The van der Waals surface area contributed by atoms with Gasteiger partial charge in [-0.25, -0.2) is 38.3 Å². The first-order valence-electron chi connectivity index (χ1n) is 35.5. The maximum atomic E-state index is 13.2. The Balaban J connectivity index is 0.000000142. The van der Waals surface area contributed by atoms with Crippen molar-refractivity contribution in [3.05, 3.63) is 135 Å². The van der Waals surface area contributed by atoms with Crippen LogP contribution in [0.5, 0.6) is 0 Å². The highest BCUT2D eigenvalue weighted by molar-refractivity contribution is 7.88. The molecule has 34 heteroatoms. The zero-order chi connectivity index (χ0) is 75.9. The fourth-order valence-electron chi connectivity index (χ4n) is 13.7. The number of sulfonamides is 1. The zero-order valence-electron chi connectivity index (χ0n) is 62.3. The summed E-state index contributed by atoms with van der Waals surface area (Å²) in [5, 5.41) is 18.3. The van der Waals surface area contributed by atoms with Crippen LogP contribution in [-0.2, 0) is 14.8 Å². The number of aromatic nitrogens is 9. The second-order valence-electron chi connectivity index (χ2n) is 26.5. The fraction of sp³-hybridized carbons (Fsp3) is 0.384. The summed E-state index contributed by atoms with van der Waals surface area (Å²) in [6.07, 6.45) is 7.72. The highest BCUT2D eigenvalue weighted by atomic mass is 32.2. The number of benzene rings is 3. The normalized spacial score (nSPS) is 15.9. The van der Waals surface area contributed by atoms with Crippen LogP contribution in [0, 0.1) is 41.5 Å². The van der Waals surface area contributed by atoms with E-state index in [1.165, 1.54) is 56.3 Å². The molecule has 6 aliphatic rings. The van der Waals surface area contributed by atoms with Crippen LogP contribution in [0.4, 0.5) is 101 Å². The van der Waals surface area contributed by atoms with E-state index in [1.807, 2.05) is 114 Å². The lowest BCUT2D eigenvalue weighted by atomic mass is 10.1. The number of anilines is 18. The average Bonchev–Trinajstić information content (AvgIpc) is 1.64. The van der Waals surface area contributed by atoms with E-state index in [1.54, 1.807) is 33.3 Å². The van der Waals surface area contributed by atoms with E-state index in [9.17, 15) is 27.6 Å². The van der Waals surface area contributed by atoms with Crippen LogP contribution in [0.25, 0.3) is 0 Å². The summed E-state index contributed by atoms with van der Waals surface area (Å²) in [5.41, 5.74) is 12.6. The molecule has 9 aromatic rings. The smallest absolute Gasteiger partial charge is 0.280 e. The number of nitrogens with one attached hydrogen (secondary N) is 4. The first kappa shape index (κ1) is 74.7. The number of carbonyl (C=O) groups excluding carboxylic acids is 4. The molecule has 12 heterocycles. The van der Waals surface area contributed by atoms with Gasteiger partial charge in [-0.2, -0.15) is 19.3 Å². The molecule has 30 nitrogen and oxygen atoms in total. The molecule has 0 atom stereocenters. The van der Waals surface area contributed by atoms with Crippen molar-refractivity contribution in [3.63, 3.8) is 0 Å². The van der Waals surface area contributed by atoms with Crippen molar-refractivity contribution >= 4 is 169 Å². The molecule has 4 N–H and O–H groups in total. The summed E-state index contributed by atoms with van der Waals surface area (Å²) >= 11 is 4.44. The SMILES string of the molecule is C=CC(=O)N1CCN(c2ccc(Nc3ncc4c(n3)N(C)c3sc(C)nc3C(=O)N4CC)c(C)c2)CC1.CCN1C(=O)c2nc(C)sc2N(C)c2nc(Nc3ccc(N4CCN(S(C)(=O)=O)CC4)cc3C)ncc21.CCN1C(=O)c2nc(C)sc2N(C)c2nc(Nc3ccc(N4CCNCC4)cc3C)ncc21. The number of nitrogens with zero attached hydrogens (tertiary/aromatic N) is 20. The Labute approximate surface area is 634 Å². The number of rotatable bonds is 14. The van der Waals surface area contributed by atoms with E-state index in [4.69, 9.17) is 15.0 Å². The Morgan fingerprint density at radius 2 is 0.804 bits per heavy atom. The van der Waals surface area contributed by atoms with Gasteiger partial charge >= 0.3 is 0 Å². The average molecular weight is 1530 g/mol. The van der Waals surface area contributed by atoms with Gasteiger partial charge in [0.05, 0.1) is 39.9 Å². The third-order valence-electron chi connectivity index (χ3n) is 19.5. The van der Waals surface area contributed by atoms with Crippen molar-refractivity contribution in [2.75, 3.05) is 186 Å². The van der Waals surface area contributed by atoms with Gasteiger partial charge < -0.3 is 70.3 Å². The lowest BCUT2D eigenvalue weighted by molar-refractivity contribution is -0.126. The van der Waals surface area contributed by atoms with Crippen molar-refractivity contribution < 1.29 is 27.6 Å². The predicted octanol–water partition coefficient (Wildman–Crippen LogP) is 10.5. The number of piperazine rings is 3. The Bertz CT molecular complexity index is 5020. The maximum absolute atomic E-state index is 13.2. The molecule has 6 aromatic heterocycles. The minimum atomic E-state index is -3.16. The highest BCUT2D eigenvalue weighted by Crippen LogP contribution is 2.45. The first-order chi connectivity index (χ1) is 51.3. The molecule has 0 spiro atoms. The van der Waals surface area contributed by atoms with Gasteiger partial charge in [0.1, 0.15) is 32.1 Å². The molecule has 107 heavy (non-hydrogen) atoms. The van der Waals surface area contributed by atoms with E-state index in [0.29, 0.717) is 128 Å². The molecule has 4 amide bonds. The van der Waals surface area contributed by atoms with Crippen LogP contribution < -0.4 is 65.4 Å². The molecular formula is C73H88N24O6S4. The van der Waals surface area contributed by atoms with E-state index in [-0.39, 0.29) is 23.6 Å². The highest BCUT2D eigenvalue weighted by Gasteiger charge is 2.37. The Morgan fingerprint density at radius 1 is 0.486 bits per heavy atom. The van der Waals surface area contributed by atoms with E-state index >= 15 is 0 Å². The van der Waals surface area contributed by atoms with Gasteiger partial charge in [-0.15, -0.1) is 34.0 Å². The monoisotopic (exact) mass is 1520 g/mol. The molecule has 3 aromatic carbocycles. The first-order valence-corrected chi connectivity index (χ1v) is 39.8. The molecule has 0 unspecified atom stereocenters. The molecule has 6 aliphatic heterocycles. The molecule has 3 fully saturated rings. The Kier molecular flexibility index (Phi) is 21.7. The van der Waals surface area contributed by atoms with Crippen molar-refractivity contribution in [3.8, 4) is 0 Å². The maximum Gasteiger partial charge on any atom is 0.280 e. The molecule has 0 bridgehead atoms. The molecule has 560 valence electrons. The fourth-order valence-corrected chi connectivity index (χ4v) is 17.1. The van der Waals surface area contributed by atoms with Crippen LogP contribution in [-0.4, -0.2) is 212 Å². The molecular weight excluding hydrogens is 1440 g/mol. The Hall–Kier alpha value is -10.5. The third-order valence-corrected chi connectivity index (χ3v) is 23.9. The van der Waals surface area contributed by atoms with Crippen molar-refractivity contribution in [1.82, 2.24) is 59.4 Å². The molecule has 0 radical (unpaired) electrons. The quantitative estimate of drug-likeness (QED) is 0.0736. The van der Waals surface area contributed by atoms with Gasteiger partial charge in [-0.1, -0.05) is 6.58 Å². The number of thiazole rings is 3. The number of hydrogen-bond acceptors (Lipinski definition) is 28. The number of hydrogen-bond donors (Lipinski definition) is 4. The van der Waals surface area contributed by atoms with E-state index in [2.05, 4.69) is 116 Å². The third kappa shape index (κ3) is 15.3. The summed E-state index contributed by atoms with van der Waals surface area (Å²) in [6, 6.07) is 18.7. The zero-order valence-corrected chi connectivity index (χ0v) is 65.6. The van der Waals surface area contributed by atoms with Gasteiger partial charge in [0.15, 0.2) is 34.5 Å². The van der Waals surface area contributed by atoms with Gasteiger partial charge in [-0.05, 0) is 140 Å². The van der Waals surface area contributed by atoms with Crippen LogP contribution in [0.15, 0.2) is 85.8 Å². The summed E-state index contributed by atoms with van der Waals surface area (Å²) < 4.78 is 25.1. The van der Waals surface area contributed by atoms with Crippen LogP contribution in [0.1, 0.15) is 83.9 Å². The standard InChI is InChI=1S/C26H30N8O2S.C24H30N8O3S2.C23H28N8OS/c1-6-21(35)33-12-10-32(11-13-33)18-8-9-19(16(3)14-18)29-26-27-15-20-23(30-26)31(5)25-22(28-17(4)37-25)24(36)34(20)7-2;1-6-32-19-14-25-24(28-21(19)29(4)23-20(22(32)33)26-16(3)36-23)27-18-8-7-17(13-15(18)2)30-9-11-31(12-10-30)37(5,34)35;1-5-31-18-13-25-23(28-20(18)29(4)22-19(21(31)32)26-15(3)33-22)27-17-7-6-16(12-14(17)2)30-10-8-24-9-11-30/h6,8-9,14-15H,1,7,10-13H2,2-5H3,(H,27,29,30);7-8,13-14H,6,9-12H2,1-5H3,(H,25,27,28);6-7,12-13,24H,5,8-11H2,1-4H3,(H,25,27,28). The second kappa shape index (κ2) is 31.1. The summed E-state index contributed by atoms with van der Waals surface area (Å²) in [5.74, 6) is 2.90. The van der Waals surface area contributed by atoms with E-state index in [0.717, 1.165) is 114 Å². The summed E-state index contributed by atoms with van der Waals surface area (Å²) in [7, 11) is 2.55. The topological polar surface area (TPSA) is 302 Å². The number of fused-ring (bicyclic) bond motifs is 6. The van der Waals surface area contributed by atoms with Crippen LogP contribution in [0.3, 0.4) is 0 Å². The van der Waals surface area contributed by atoms with Crippen molar-refractivity contribution in [2.24, 2.45) is 0 Å². The van der Waals surface area contributed by atoms with Gasteiger partial charge in [0, 0.05) is 153 Å². The minimum absolute atomic E-state index is 0.0186. The Morgan fingerprint density at radius 3 is 1.10 bits per heavy atom. The summed E-state index contributed by atoms with van der Waals surface area (Å²) in [4.78, 5) is 112. The lowest BCUT2D eigenvalue weighted by Crippen LogP contribution is -2.48. The van der Waals surface area contributed by atoms with Crippen LogP contribution in [0.2, 0.25) is 0 Å². The van der Waals surface area contributed by atoms with Gasteiger partial charge in [0.2, 0.25) is 33.8 Å². The van der Waals surface area contributed by atoms with Gasteiger partial charge in [0.25, 0.3) is 17.7 Å². The molecule has 0 saturated carbocycles. The molecule has 3 saturated heterocycles. The second-order valence-corrected chi connectivity index (χ2v) is 32.0. The number of amides is 4. The largest absolute Gasteiger partial charge is 0.369 e. The number of aryl methyl sites for hydroxylation is 6. The van der Waals surface area contributed by atoms with Crippen molar-refractivity contribution in [1.29, 1.82) is 0 Å². The van der Waals surface area contributed by atoms with Crippen LogP contribution >= 0.6 is 34.0 Å². The number of carbonyl (C=O) groups is 4. The molecule has 15 rings (SSSR count). The van der Waals surface area contributed by atoms with Gasteiger partial charge in [-0.3, -0.25) is 19.2 Å².